The van der Waals surface area contributed by atoms with Gasteiger partial charge in [0.2, 0.25) is 0 Å². The lowest BCUT2D eigenvalue weighted by Gasteiger charge is -2.23. The summed E-state index contributed by atoms with van der Waals surface area (Å²) in [5.41, 5.74) is 2.18. The second kappa shape index (κ2) is 7.02. The standard InChI is InChI=1S/C18H15FN4O/c19-16-7-3-13(4-8-16)9-17(24)18(23-12-21-11-22-23)15-5-1-14(10-20)2-6-15/h1-8,11-12,17-18,24H,9H2/t17-,18-/m0/s1. The van der Waals surface area contributed by atoms with Crippen molar-refractivity contribution in [1.82, 2.24) is 14.8 Å². The van der Waals surface area contributed by atoms with E-state index in [1.54, 1.807) is 41.1 Å². The van der Waals surface area contributed by atoms with E-state index in [2.05, 4.69) is 16.2 Å². The molecule has 0 saturated heterocycles. The smallest absolute Gasteiger partial charge is 0.137 e. The van der Waals surface area contributed by atoms with Crippen molar-refractivity contribution in [3.63, 3.8) is 0 Å². The van der Waals surface area contributed by atoms with Crippen LogP contribution in [0.4, 0.5) is 4.39 Å². The van der Waals surface area contributed by atoms with Gasteiger partial charge < -0.3 is 5.11 Å². The number of benzene rings is 2. The van der Waals surface area contributed by atoms with Gasteiger partial charge in [-0.25, -0.2) is 14.1 Å². The fourth-order valence-corrected chi connectivity index (χ4v) is 2.64. The molecule has 0 saturated carbocycles. The van der Waals surface area contributed by atoms with Crippen LogP contribution in [0.3, 0.4) is 0 Å². The first-order valence-electron chi connectivity index (χ1n) is 7.44. The van der Waals surface area contributed by atoms with Crippen LogP contribution in [0, 0.1) is 17.1 Å². The molecule has 2 aromatic carbocycles. The average Bonchev–Trinajstić information content (AvgIpc) is 3.12. The predicted octanol–water partition coefficient (Wildman–Crippen LogP) is 2.48. The van der Waals surface area contributed by atoms with Crippen molar-refractivity contribution < 1.29 is 9.50 Å². The largest absolute Gasteiger partial charge is 0.390 e. The molecule has 0 radical (unpaired) electrons. The van der Waals surface area contributed by atoms with E-state index < -0.39 is 12.1 Å². The molecule has 0 bridgehead atoms. The molecule has 0 aliphatic rings. The number of rotatable bonds is 5. The summed E-state index contributed by atoms with van der Waals surface area (Å²) in [7, 11) is 0. The molecule has 3 aromatic rings. The Labute approximate surface area is 138 Å². The highest BCUT2D eigenvalue weighted by Gasteiger charge is 2.24. The van der Waals surface area contributed by atoms with Gasteiger partial charge in [-0.05, 0) is 35.4 Å². The van der Waals surface area contributed by atoms with Gasteiger partial charge in [-0.3, -0.25) is 0 Å². The fraction of sp³-hybridized carbons (Fsp3) is 0.167. The summed E-state index contributed by atoms with van der Waals surface area (Å²) in [6.45, 7) is 0. The van der Waals surface area contributed by atoms with Gasteiger partial charge in [-0.2, -0.15) is 10.4 Å². The van der Waals surface area contributed by atoms with Crippen molar-refractivity contribution in [2.75, 3.05) is 0 Å². The molecule has 2 atom stereocenters. The Hall–Kier alpha value is -3.04. The lowest BCUT2D eigenvalue weighted by atomic mass is 9.95. The van der Waals surface area contributed by atoms with Crippen LogP contribution in [-0.4, -0.2) is 26.0 Å². The number of aromatic nitrogens is 3. The predicted molar refractivity (Wildman–Crippen MR) is 85.4 cm³/mol. The molecule has 0 aliphatic heterocycles. The van der Waals surface area contributed by atoms with Crippen LogP contribution >= 0.6 is 0 Å². The van der Waals surface area contributed by atoms with Crippen LogP contribution in [0.1, 0.15) is 22.7 Å². The van der Waals surface area contributed by atoms with Crippen molar-refractivity contribution in [2.24, 2.45) is 0 Å². The van der Waals surface area contributed by atoms with Crippen LogP contribution in [-0.2, 0) is 6.42 Å². The molecular formula is C18H15FN4O. The Morgan fingerprint density at radius 2 is 1.83 bits per heavy atom. The topological polar surface area (TPSA) is 74.7 Å². The molecule has 1 N–H and O–H groups in total. The maximum Gasteiger partial charge on any atom is 0.137 e. The van der Waals surface area contributed by atoms with Gasteiger partial charge in [0, 0.05) is 6.42 Å². The zero-order valence-corrected chi connectivity index (χ0v) is 12.7. The minimum absolute atomic E-state index is 0.312. The van der Waals surface area contributed by atoms with Crippen LogP contribution < -0.4 is 0 Å². The third-order valence-corrected chi connectivity index (χ3v) is 3.83. The van der Waals surface area contributed by atoms with Crippen molar-refractivity contribution in [1.29, 1.82) is 5.26 Å². The molecule has 24 heavy (non-hydrogen) atoms. The van der Waals surface area contributed by atoms with E-state index in [9.17, 15) is 9.50 Å². The second-order valence-corrected chi connectivity index (χ2v) is 5.45. The number of aliphatic hydroxyl groups is 1. The number of hydrogen-bond acceptors (Lipinski definition) is 4. The van der Waals surface area contributed by atoms with Crippen LogP contribution in [0.5, 0.6) is 0 Å². The van der Waals surface area contributed by atoms with Crippen molar-refractivity contribution in [2.45, 2.75) is 18.6 Å². The van der Waals surface area contributed by atoms with Crippen molar-refractivity contribution in [3.05, 3.63) is 83.7 Å². The summed E-state index contributed by atoms with van der Waals surface area (Å²) in [6.07, 6.45) is 2.49. The third kappa shape index (κ3) is 3.47. The number of aliphatic hydroxyl groups excluding tert-OH is 1. The average molecular weight is 322 g/mol. The number of hydrogen-bond donors (Lipinski definition) is 1. The number of nitrogens with zero attached hydrogens (tertiary/aromatic N) is 4. The zero-order valence-electron chi connectivity index (χ0n) is 12.7. The summed E-state index contributed by atoms with van der Waals surface area (Å²) < 4.78 is 14.6. The summed E-state index contributed by atoms with van der Waals surface area (Å²) in [5, 5.41) is 23.8. The van der Waals surface area contributed by atoms with Gasteiger partial charge in [0.05, 0.1) is 17.7 Å². The molecule has 5 nitrogen and oxygen atoms in total. The van der Waals surface area contributed by atoms with Gasteiger partial charge in [0.25, 0.3) is 0 Å². The van der Waals surface area contributed by atoms with Crippen LogP contribution in [0.2, 0.25) is 0 Å². The van der Waals surface area contributed by atoms with Crippen LogP contribution in [0.25, 0.3) is 0 Å². The third-order valence-electron chi connectivity index (χ3n) is 3.83. The molecule has 0 amide bonds. The lowest BCUT2D eigenvalue weighted by Crippen LogP contribution is -2.27. The Bertz CT molecular complexity index is 823. The first-order valence-corrected chi connectivity index (χ1v) is 7.44. The summed E-state index contributed by atoms with van der Waals surface area (Å²) in [6, 6.07) is 14.6. The molecule has 120 valence electrons. The summed E-state index contributed by atoms with van der Waals surface area (Å²) in [5.74, 6) is -0.312. The molecule has 0 spiro atoms. The molecule has 3 rings (SSSR count). The monoisotopic (exact) mass is 322 g/mol. The molecule has 0 aliphatic carbocycles. The molecule has 6 heteroatoms. The maximum absolute atomic E-state index is 13.0. The second-order valence-electron chi connectivity index (χ2n) is 5.45. The zero-order chi connectivity index (χ0) is 16.9. The Morgan fingerprint density at radius 1 is 1.12 bits per heavy atom. The molecule has 1 heterocycles. The summed E-state index contributed by atoms with van der Waals surface area (Å²) in [4.78, 5) is 3.94. The Balaban J connectivity index is 1.89. The highest BCUT2D eigenvalue weighted by Crippen LogP contribution is 2.24. The quantitative estimate of drug-likeness (QED) is 0.783. The molecular weight excluding hydrogens is 307 g/mol. The van der Waals surface area contributed by atoms with Crippen molar-refractivity contribution in [3.8, 4) is 6.07 Å². The normalized spacial score (nSPS) is 13.2. The van der Waals surface area contributed by atoms with Gasteiger partial charge in [-0.1, -0.05) is 24.3 Å². The van der Waals surface area contributed by atoms with Gasteiger partial charge in [-0.15, -0.1) is 0 Å². The fourth-order valence-electron chi connectivity index (χ4n) is 2.64. The minimum Gasteiger partial charge on any atom is -0.390 e. The van der Waals surface area contributed by atoms with Crippen molar-refractivity contribution >= 4 is 0 Å². The maximum atomic E-state index is 13.0. The highest BCUT2D eigenvalue weighted by molar-refractivity contribution is 5.33. The Kier molecular flexibility index (Phi) is 4.64. The van der Waals surface area contributed by atoms with E-state index in [4.69, 9.17) is 5.26 Å². The first-order chi connectivity index (χ1) is 11.7. The van der Waals surface area contributed by atoms with E-state index in [0.29, 0.717) is 12.0 Å². The van der Waals surface area contributed by atoms with E-state index >= 15 is 0 Å². The Morgan fingerprint density at radius 3 is 2.42 bits per heavy atom. The van der Waals surface area contributed by atoms with E-state index in [-0.39, 0.29) is 5.82 Å². The van der Waals surface area contributed by atoms with E-state index in [0.717, 1.165) is 11.1 Å². The number of nitriles is 1. The van der Waals surface area contributed by atoms with Gasteiger partial charge in [0.1, 0.15) is 24.5 Å². The van der Waals surface area contributed by atoms with Gasteiger partial charge >= 0.3 is 0 Å². The molecule has 0 fully saturated rings. The highest BCUT2D eigenvalue weighted by atomic mass is 19.1. The summed E-state index contributed by atoms with van der Waals surface area (Å²) >= 11 is 0. The van der Waals surface area contributed by atoms with Crippen LogP contribution in [0.15, 0.2) is 61.2 Å². The lowest BCUT2D eigenvalue weighted by molar-refractivity contribution is 0.124. The molecule has 1 aromatic heterocycles. The number of halogens is 1. The molecule has 0 unspecified atom stereocenters. The minimum atomic E-state index is -0.787. The first kappa shape index (κ1) is 15.8. The van der Waals surface area contributed by atoms with Gasteiger partial charge in [0.15, 0.2) is 0 Å². The SMILES string of the molecule is N#Cc1ccc([C@@H]([C@@H](O)Cc2ccc(F)cc2)n2cncn2)cc1. The van der Waals surface area contributed by atoms with E-state index in [1.807, 2.05) is 0 Å². The van der Waals surface area contributed by atoms with E-state index in [1.165, 1.54) is 24.8 Å².